The first-order chi connectivity index (χ1) is 17.8. The predicted octanol–water partition coefficient (Wildman–Crippen LogP) is 4.84. The van der Waals surface area contributed by atoms with Crippen LogP contribution in [-0.4, -0.2) is 38.3 Å². The predicted molar refractivity (Wildman–Crippen MR) is 144 cm³/mol. The number of benzene rings is 3. The summed E-state index contributed by atoms with van der Waals surface area (Å²) in [6.45, 7) is 3.97. The molecule has 3 rings (SSSR count). The van der Waals surface area contributed by atoms with Gasteiger partial charge in [0.2, 0.25) is 0 Å². The van der Waals surface area contributed by atoms with E-state index < -0.39 is 11.9 Å². The van der Waals surface area contributed by atoms with Gasteiger partial charge in [0.1, 0.15) is 18.4 Å². The van der Waals surface area contributed by atoms with Gasteiger partial charge in [0, 0.05) is 16.1 Å². The van der Waals surface area contributed by atoms with Crippen molar-refractivity contribution in [3.8, 4) is 17.2 Å². The van der Waals surface area contributed by atoms with Crippen molar-refractivity contribution in [2.24, 2.45) is 11.0 Å². The molecule has 0 saturated carbocycles. The van der Waals surface area contributed by atoms with Crippen LogP contribution in [0, 0.1) is 5.92 Å². The van der Waals surface area contributed by atoms with Crippen LogP contribution < -0.4 is 25.0 Å². The van der Waals surface area contributed by atoms with Crippen LogP contribution in [-0.2, 0) is 11.4 Å². The lowest BCUT2D eigenvalue weighted by molar-refractivity contribution is -0.123. The monoisotopic (exact) mass is 523 g/mol. The van der Waals surface area contributed by atoms with Crippen LogP contribution in [0.3, 0.4) is 0 Å². The molecule has 0 aliphatic carbocycles. The van der Waals surface area contributed by atoms with E-state index in [4.69, 9.17) is 25.8 Å². The van der Waals surface area contributed by atoms with Gasteiger partial charge >= 0.3 is 0 Å². The van der Waals surface area contributed by atoms with Crippen molar-refractivity contribution < 1.29 is 23.8 Å². The summed E-state index contributed by atoms with van der Waals surface area (Å²) >= 11 is 6.19. The molecule has 2 N–H and O–H groups in total. The third-order valence-corrected chi connectivity index (χ3v) is 5.87. The standard InChI is InChI=1S/C28H30ClN3O5/c1-18(2)26(31-27(33)20-10-12-22(35-3)13-11-20)28(34)32-30-16-19-9-14-24(25(15-19)36-4)37-17-21-7-5-6-8-23(21)29/h5-16,18,26H,17H2,1-4H3,(H,31,33)(H,32,34). The van der Waals surface area contributed by atoms with Crippen LogP contribution >= 0.6 is 11.6 Å². The number of ether oxygens (including phenoxy) is 3. The summed E-state index contributed by atoms with van der Waals surface area (Å²) in [6.07, 6.45) is 1.49. The molecular formula is C28H30ClN3O5. The smallest absolute Gasteiger partial charge is 0.262 e. The first kappa shape index (κ1) is 27.5. The van der Waals surface area contributed by atoms with Crippen molar-refractivity contribution >= 4 is 29.6 Å². The average molecular weight is 524 g/mol. The number of hydrogen-bond acceptors (Lipinski definition) is 6. The van der Waals surface area contributed by atoms with Gasteiger partial charge in [0.15, 0.2) is 11.5 Å². The molecule has 8 nitrogen and oxygen atoms in total. The number of halogens is 1. The summed E-state index contributed by atoms with van der Waals surface area (Å²) in [6, 6.07) is 18.6. The maximum Gasteiger partial charge on any atom is 0.262 e. The molecular weight excluding hydrogens is 494 g/mol. The van der Waals surface area contributed by atoms with E-state index in [-0.39, 0.29) is 11.8 Å². The number of carbonyl (C=O) groups is 2. The molecule has 194 valence electrons. The fourth-order valence-corrected chi connectivity index (χ4v) is 3.59. The van der Waals surface area contributed by atoms with E-state index >= 15 is 0 Å². The van der Waals surface area contributed by atoms with Gasteiger partial charge in [-0.2, -0.15) is 5.10 Å². The van der Waals surface area contributed by atoms with Gasteiger partial charge in [-0.15, -0.1) is 0 Å². The van der Waals surface area contributed by atoms with E-state index in [1.165, 1.54) is 6.21 Å². The van der Waals surface area contributed by atoms with Gasteiger partial charge in [0.25, 0.3) is 11.8 Å². The Kier molecular flexibility index (Phi) is 9.92. The van der Waals surface area contributed by atoms with Crippen LogP contribution in [0.1, 0.15) is 35.3 Å². The Morgan fingerprint density at radius 2 is 1.70 bits per heavy atom. The van der Waals surface area contributed by atoms with E-state index in [9.17, 15) is 9.59 Å². The number of amides is 2. The van der Waals surface area contributed by atoms with Crippen molar-refractivity contribution in [3.05, 3.63) is 88.4 Å². The van der Waals surface area contributed by atoms with E-state index in [1.54, 1.807) is 62.8 Å². The van der Waals surface area contributed by atoms with Crippen molar-refractivity contribution in [3.63, 3.8) is 0 Å². The highest BCUT2D eigenvalue weighted by Gasteiger charge is 2.24. The molecule has 0 fully saturated rings. The number of hydrogen-bond donors (Lipinski definition) is 2. The molecule has 2 amide bonds. The van der Waals surface area contributed by atoms with Crippen molar-refractivity contribution in [1.82, 2.24) is 10.7 Å². The minimum Gasteiger partial charge on any atom is -0.497 e. The molecule has 0 heterocycles. The fraction of sp³-hybridized carbons (Fsp3) is 0.250. The summed E-state index contributed by atoms with van der Waals surface area (Å²) in [5, 5.41) is 7.44. The number of methoxy groups -OCH3 is 2. The first-order valence-electron chi connectivity index (χ1n) is 11.6. The van der Waals surface area contributed by atoms with Gasteiger partial charge in [-0.25, -0.2) is 5.43 Å². The van der Waals surface area contributed by atoms with Crippen LogP contribution in [0.2, 0.25) is 5.02 Å². The number of rotatable bonds is 11. The normalized spacial score (nSPS) is 11.7. The van der Waals surface area contributed by atoms with Gasteiger partial charge in [-0.3, -0.25) is 9.59 Å². The summed E-state index contributed by atoms with van der Waals surface area (Å²) < 4.78 is 16.4. The molecule has 0 radical (unpaired) electrons. The maximum absolute atomic E-state index is 12.8. The molecule has 0 spiro atoms. The fourth-order valence-electron chi connectivity index (χ4n) is 3.40. The molecule has 9 heteroatoms. The third-order valence-electron chi connectivity index (χ3n) is 5.50. The third kappa shape index (κ3) is 7.72. The number of carbonyl (C=O) groups excluding carboxylic acids is 2. The van der Waals surface area contributed by atoms with Crippen molar-refractivity contribution in [1.29, 1.82) is 0 Å². The Labute approximate surface area is 221 Å². The summed E-state index contributed by atoms with van der Waals surface area (Å²) in [5.74, 6) is 0.740. The van der Waals surface area contributed by atoms with E-state index in [1.807, 2.05) is 32.0 Å². The summed E-state index contributed by atoms with van der Waals surface area (Å²) in [5.41, 5.74) is 4.47. The van der Waals surface area contributed by atoms with Crippen LogP contribution in [0.25, 0.3) is 0 Å². The van der Waals surface area contributed by atoms with Crippen LogP contribution in [0.4, 0.5) is 0 Å². The quantitative estimate of drug-likeness (QED) is 0.277. The molecule has 37 heavy (non-hydrogen) atoms. The molecule has 3 aromatic carbocycles. The lowest BCUT2D eigenvalue weighted by Crippen LogP contribution is -2.48. The highest BCUT2D eigenvalue weighted by atomic mass is 35.5. The van der Waals surface area contributed by atoms with Gasteiger partial charge in [-0.1, -0.05) is 43.6 Å². The SMILES string of the molecule is COc1ccc(C(=O)NC(C(=O)NN=Cc2ccc(OCc3ccccc3Cl)c(OC)c2)C(C)C)cc1. The molecule has 0 bridgehead atoms. The van der Waals surface area contributed by atoms with E-state index in [0.717, 1.165) is 5.56 Å². The maximum atomic E-state index is 12.8. The minimum absolute atomic E-state index is 0.160. The summed E-state index contributed by atoms with van der Waals surface area (Å²) in [4.78, 5) is 25.4. The van der Waals surface area contributed by atoms with E-state index in [0.29, 0.717) is 40.0 Å². The zero-order valence-corrected chi connectivity index (χ0v) is 21.9. The molecule has 3 aromatic rings. The zero-order chi connectivity index (χ0) is 26.8. The van der Waals surface area contributed by atoms with Crippen molar-refractivity contribution in [2.75, 3.05) is 14.2 Å². The van der Waals surface area contributed by atoms with Gasteiger partial charge in [-0.05, 0) is 60.0 Å². The van der Waals surface area contributed by atoms with Crippen molar-refractivity contribution in [2.45, 2.75) is 26.5 Å². The lowest BCUT2D eigenvalue weighted by atomic mass is 10.0. The molecule has 0 aromatic heterocycles. The molecule has 0 aliphatic rings. The molecule has 1 atom stereocenters. The van der Waals surface area contributed by atoms with Gasteiger partial charge in [0.05, 0.1) is 20.4 Å². The Balaban J connectivity index is 1.61. The number of hydrazone groups is 1. The second-order valence-electron chi connectivity index (χ2n) is 8.45. The first-order valence-corrected chi connectivity index (χ1v) is 12.0. The second kappa shape index (κ2) is 13.3. The van der Waals surface area contributed by atoms with Crippen LogP contribution in [0.5, 0.6) is 17.2 Å². The largest absolute Gasteiger partial charge is 0.497 e. The summed E-state index contributed by atoms with van der Waals surface area (Å²) in [7, 11) is 3.09. The Bertz CT molecular complexity index is 1240. The molecule has 1 unspecified atom stereocenters. The second-order valence-corrected chi connectivity index (χ2v) is 8.86. The minimum atomic E-state index is -0.776. The average Bonchev–Trinajstić information content (AvgIpc) is 2.91. The van der Waals surface area contributed by atoms with E-state index in [2.05, 4.69) is 15.8 Å². The molecule has 0 saturated heterocycles. The lowest BCUT2D eigenvalue weighted by Gasteiger charge is -2.20. The highest BCUT2D eigenvalue weighted by Crippen LogP contribution is 2.29. The Morgan fingerprint density at radius 1 is 0.973 bits per heavy atom. The molecule has 0 aliphatic heterocycles. The number of nitrogens with zero attached hydrogens (tertiary/aromatic N) is 1. The Hall–Kier alpha value is -4.04. The highest BCUT2D eigenvalue weighted by molar-refractivity contribution is 6.31. The number of nitrogens with one attached hydrogen (secondary N) is 2. The Morgan fingerprint density at radius 3 is 2.35 bits per heavy atom. The van der Waals surface area contributed by atoms with Crippen LogP contribution in [0.15, 0.2) is 71.8 Å². The topological polar surface area (TPSA) is 98.2 Å². The zero-order valence-electron chi connectivity index (χ0n) is 21.2. The van der Waals surface area contributed by atoms with Gasteiger partial charge < -0.3 is 19.5 Å².